The number of nitrogens with zero attached hydrogens (tertiary/aromatic N) is 2. The second-order valence-corrected chi connectivity index (χ2v) is 5.30. The van der Waals surface area contributed by atoms with Crippen LogP contribution in [0.25, 0.3) is 0 Å². The number of halogens is 1. The second kappa shape index (κ2) is 6.35. The fourth-order valence-electron chi connectivity index (χ4n) is 2.85. The number of benzene rings is 1. The standard InChI is InChI=1S/C15H21ClN2/c1-3-15(13-6-4-5-7-14(13)16)18-9-8-12(11-18)10-17-2/h4-7,10,12,15H,3,8-9,11H2,1-2H3/t12?,15-/m0/s1. The molecule has 0 spiro atoms. The van der Waals surface area contributed by atoms with Crippen LogP contribution in [0.5, 0.6) is 0 Å². The molecule has 1 heterocycles. The molecule has 0 aromatic heterocycles. The lowest BCUT2D eigenvalue weighted by Gasteiger charge is -2.27. The van der Waals surface area contributed by atoms with Crippen molar-refractivity contribution in [2.75, 3.05) is 20.1 Å². The zero-order valence-electron chi connectivity index (χ0n) is 11.1. The van der Waals surface area contributed by atoms with Crippen LogP contribution in [-0.2, 0) is 0 Å². The van der Waals surface area contributed by atoms with Crippen LogP contribution in [0, 0.1) is 5.92 Å². The maximum Gasteiger partial charge on any atom is 0.0453 e. The zero-order chi connectivity index (χ0) is 13.0. The summed E-state index contributed by atoms with van der Waals surface area (Å²) in [5.74, 6) is 0.603. The quantitative estimate of drug-likeness (QED) is 0.755. The molecule has 1 saturated heterocycles. The first-order chi connectivity index (χ1) is 8.76. The van der Waals surface area contributed by atoms with Gasteiger partial charge in [0.15, 0.2) is 0 Å². The highest BCUT2D eigenvalue weighted by Gasteiger charge is 2.28. The van der Waals surface area contributed by atoms with Gasteiger partial charge in [-0.1, -0.05) is 36.7 Å². The molecule has 0 N–H and O–H groups in total. The van der Waals surface area contributed by atoms with Gasteiger partial charge in [0, 0.05) is 36.8 Å². The summed E-state index contributed by atoms with van der Waals surface area (Å²) in [6.07, 6.45) is 4.39. The molecule has 0 aliphatic carbocycles. The van der Waals surface area contributed by atoms with Gasteiger partial charge in [0.2, 0.25) is 0 Å². The molecule has 1 fully saturated rings. The molecule has 98 valence electrons. The number of aliphatic imine (C=N–C) groups is 1. The molecule has 2 nitrogen and oxygen atoms in total. The van der Waals surface area contributed by atoms with Crippen LogP contribution >= 0.6 is 11.6 Å². The Kier molecular flexibility index (Phi) is 4.79. The lowest BCUT2D eigenvalue weighted by Crippen LogP contribution is -2.26. The van der Waals surface area contributed by atoms with E-state index in [0.717, 1.165) is 24.5 Å². The summed E-state index contributed by atoms with van der Waals surface area (Å²) in [6.45, 7) is 4.47. The summed E-state index contributed by atoms with van der Waals surface area (Å²) in [5, 5.41) is 0.886. The van der Waals surface area contributed by atoms with Crippen molar-refractivity contribution in [1.29, 1.82) is 0 Å². The average Bonchev–Trinajstić information content (AvgIpc) is 2.82. The molecule has 2 atom stereocenters. The Morgan fingerprint density at radius 2 is 2.28 bits per heavy atom. The largest absolute Gasteiger partial charge is 0.301 e. The molecule has 0 bridgehead atoms. The Labute approximate surface area is 115 Å². The fourth-order valence-corrected chi connectivity index (χ4v) is 3.11. The van der Waals surface area contributed by atoms with Gasteiger partial charge in [0.1, 0.15) is 0 Å². The third kappa shape index (κ3) is 2.93. The molecule has 0 saturated carbocycles. The van der Waals surface area contributed by atoms with Gasteiger partial charge >= 0.3 is 0 Å². The predicted molar refractivity (Wildman–Crippen MR) is 78.6 cm³/mol. The Morgan fingerprint density at radius 1 is 1.50 bits per heavy atom. The van der Waals surface area contributed by atoms with E-state index in [2.05, 4.69) is 35.2 Å². The van der Waals surface area contributed by atoms with E-state index in [-0.39, 0.29) is 0 Å². The Balaban J connectivity index is 2.13. The third-order valence-corrected chi connectivity index (χ3v) is 4.05. The van der Waals surface area contributed by atoms with E-state index in [1.807, 2.05) is 19.2 Å². The molecule has 1 aromatic carbocycles. The summed E-state index contributed by atoms with van der Waals surface area (Å²) < 4.78 is 0. The van der Waals surface area contributed by atoms with Crippen molar-refractivity contribution in [3.63, 3.8) is 0 Å². The van der Waals surface area contributed by atoms with Crippen LogP contribution in [0.2, 0.25) is 5.02 Å². The minimum Gasteiger partial charge on any atom is -0.301 e. The highest BCUT2D eigenvalue weighted by Crippen LogP contribution is 2.33. The first kappa shape index (κ1) is 13.6. The summed E-state index contributed by atoms with van der Waals surface area (Å²) in [5.41, 5.74) is 1.26. The molecular weight excluding hydrogens is 244 g/mol. The van der Waals surface area contributed by atoms with Crippen LogP contribution in [0.15, 0.2) is 29.3 Å². The smallest absolute Gasteiger partial charge is 0.0453 e. The van der Waals surface area contributed by atoms with Gasteiger partial charge in [-0.2, -0.15) is 0 Å². The molecule has 2 rings (SSSR count). The van der Waals surface area contributed by atoms with Crippen molar-refractivity contribution in [2.24, 2.45) is 10.9 Å². The fraction of sp³-hybridized carbons (Fsp3) is 0.533. The van der Waals surface area contributed by atoms with Gasteiger partial charge in [0.05, 0.1) is 0 Å². The van der Waals surface area contributed by atoms with Crippen LogP contribution < -0.4 is 0 Å². The van der Waals surface area contributed by atoms with Crippen molar-refractivity contribution in [3.8, 4) is 0 Å². The Morgan fingerprint density at radius 3 is 2.94 bits per heavy atom. The lowest BCUT2D eigenvalue weighted by atomic mass is 10.0. The SMILES string of the molecule is CC[C@@H](c1ccccc1Cl)N1CCC(C=NC)C1. The number of hydrogen-bond acceptors (Lipinski definition) is 2. The van der Waals surface area contributed by atoms with Gasteiger partial charge in [-0.05, 0) is 31.0 Å². The summed E-state index contributed by atoms with van der Waals surface area (Å²) >= 11 is 6.32. The zero-order valence-corrected chi connectivity index (χ0v) is 11.9. The minimum atomic E-state index is 0.439. The predicted octanol–water partition coefficient (Wildman–Crippen LogP) is 3.81. The lowest BCUT2D eigenvalue weighted by molar-refractivity contribution is 0.236. The first-order valence-electron chi connectivity index (χ1n) is 6.67. The maximum atomic E-state index is 6.32. The van der Waals surface area contributed by atoms with Crippen molar-refractivity contribution < 1.29 is 0 Å². The molecular formula is C15H21ClN2. The van der Waals surface area contributed by atoms with E-state index in [9.17, 15) is 0 Å². The summed E-state index contributed by atoms with van der Waals surface area (Å²) in [4.78, 5) is 6.69. The Bertz CT molecular complexity index is 417. The number of hydrogen-bond donors (Lipinski definition) is 0. The molecule has 18 heavy (non-hydrogen) atoms. The van der Waals surface area contributed by atoms with E-state index in [1.165, 1.54) is 12.0 Å². The van der Waals surface area contributed by atoms with Crippen LogP contribution in [-0.4, -0.2) is 31.3 Å². The van der Waals surface area contributed by atoms with Gasteiger partial charge in [0.25, 0.3) is 0 Å². The topological polar surface area (TPSA) is 15.6 Å². The van der Waals surface area contributed by atoms with Crippen LogP contribution in [0.3, 0.4) is 0 Å². The molecule has 1 unspecified atom stereocenters. The maximum absolute atomic E-state index is 6.32. The minimum absolute atomic E-state index is 0.439. The van der Waals surface area contributed by atoms with E-state index in [1.54, 1.807) is 0 Å². The van der Waals surface area contributed by atoms with Gasteiger partial charge < -0.3 is 4.99 Å². The molecule has 1 aromatic rings. The third-order valence-electron chi connectivity index (χ3n) is 3.71. The normalized spacial score (nSPS) is 22.7. The first-order valence-corrected chi connectivity index (χ1v) is 7.04. The van der Waals surface area contributed by atoms with E-state index >= 15 is 0 Å². The van der Waals surface area contributed by atoms with Crippen molar-refractivity contribution in [1.82, 2.24) is 4.90 Å². The highest BCUT2D eigenvalue weighted by molar-refractivity contribution is 6.31. The average molecular weight is 265 g/mol. The molecule has 3 heteroatoms. The van der Waals surface area contributed by atoms with E-state index in [4.69, 9.17) is 11.6 Å². The molecule has 0 amide bonds. The van der Waals surface area contributed by atoms with Gasteiger partial charge in [-0.15, -0.1) is 0 Å². The van der Waals surface area contributed by atoms with E-state index in [0.29, 0.717) is 12.0 Å². The molecule has 1 aliphatic heterocycles. The number of likely N-dealkylation sites (tertiary alicyclic amines) is 1. The second-order valence-electron chi connectivity index (χ2n) is 4.90. The van der Waals surface area contributed by atoms with Gasteiger partial charge in [-0.3, -0.25) is 4.90 Å². The van der Waals surface area contributed by atoms with Gasteiger partial charge in [-0.25, -0.2) is 0 Å². The molecule has 1 aliphatic rings. The van der Waals surface area contributed by atoms with Crippen molar-refractivity contribution in [2.45, 2.75) is 25.8 Å². The van der Waals surface area contributed by atoms with Crippen LogP contribution in [0.1, 0.15) is 31.4 Å². The highest BCUT2D eigenvalue weighted by atomic mass is 35.5. The van der Waals surface area contributed by atoms with Crippen molar-refractivity contribution in [3.05, 3.63) is 34.9 Å². The monoisotopic (exact) mass is 264 g/mol. The van der Waals surface area contributed by atoms with Crippen molar-refractivity contribution >= 4 is 17.8 Å². The van der Waals surface area contributed by atoms with E-state index < -0.39 is 0 Å². The molecule has 0 radical (unpaired) electrons. The summed E-state index contributed by atoms with van der Waals surface area (Å²) in [7, 11) is 1.86. The Hall–Kier alpha value is -0.860. The summed E-state index contributed by atoms with van der Waals surface area (Å²) in [6, 6.07) is 8.65. The number of rotatable bonds is 4. The van der Waals surface area contributed by atoms with Crippen LogP contribution in [0.4, 0.5) is 0 Å².